The van der Waals surface area contributed by atoms with Crippen molar-refractivity contribution in [3.63, 3.8) is 0 Å². The van der Waals surface area contributed by atoms with Crippen LogP contribution in [0.1, 0.15) is 40.0 Å². The fraction of sp³-hybridized carbons (Fsp3) is 0.333. The molecule has 24 heavy (non-hydrogen) atoms. The van der Waals surface area contributed by atoms with Crippen LogP contribution < -0.4 is 5.32 Å². The number of carbonyl (C=O) groups is 2. The molecule has 1 aliphatic heterocycles. The summed E-state index contributed by atoms with van der Waals surface area (Å²) in [5.74, 6) is -0.263. The fourth-order valence-corrected chi connectivity index (χ4v) is 3.39. The van der Waals surface area contributed by atoms with Crippen molar-refractivity contribution >= 4 is 11.6 Å². The van der Waals surface area contributed by atoms with Crippen LogP contribution in [-0.2, 0) is 0 Å². The van der Waals surface area contributed by atoms with Crippen molar-refractivity contribution in [2.75, 3.05) is 13.1 Å². The van der Waals surface area contributed by atoms with Crippen LogP contribution in [0.4, 0.5) is 0 Å². The summed E-state index contributed by atoms with van der Waals surface area (Å²) < 4.78 is 0. The number of Topliss-reactive ketones (excluding diaryl/α,β-unsaturated/α-hetero) is 2. The van der Waals surface area contributed by atoms with Crippen molar-refractivity contribution in [3.8, 4) is 0 Å². The van der Waals surface area contributed by atoms with Gasteiger partial charge in [0.25, 0.3) is 0 Å². The minimum absolute atomic E-state index is 0.0528. The molecule has 1 fully saturated rings. The Hall–Kier alpha value is -2.26. The number of nitrogens with one attached hydrogen (secondary N) is 1. The first-order valence-electron chi connectivity index (χ1n) is 8.65. The zero-order chi connectivity index (χ0) is 16.8. The van der Waals surface area contributed by atoms with Crippen LogP contribution >= 0.6 is 0 Å². The Morgan fingerprint density at radius 1 is 0.833 bits per heavy atom. The molecule has 0 aliphatic carbocycles. The van der Waals surface area contributed by atoms with Gasteiger partial charge in [-0.25, -0.2) is 0 Å². The third kappa shape index (κ3) is 3.98. The van der Waals surface area contributed by atoms with Crippen LogP contribution in [-0.4, -0.2) is 24.7 Å². The Kier molecular flexibility index (Phi) is 5.55. The molecule has 3 heteroatoms. The average molecular weight is 321 g/mol. The lowest BCUT2D eigenvalue weighted by atomic mass is 9.80. The quantitative estimate of drug-likeness (QED) is 0.651. The molecule has 1 saturated heterocycles. The Morgan fingerprint density at radius 2 is 1.29 bits per heavy atom. The highest BCUT2D eigenvalue weighted by atomic mass is 16.2. The van der Waals surface area contributed by atoms with E-state index in [1.165, 1.54) is 0 Å². The summed E-state index contributed by atoms with van der Waals surface area (Å²) in [6.07, 6.45) is 2.70. The molecule has 2 aromatic carbocycles. The van der Waals surface area contributed by atoms with Crippen molar-refractivity contribution in [3.05, 3.63) is 71.8 Å². The highest BCUT2D eigenvalue weighted by Gasteiger charge is 2.31. The second kappa shape index (κ2) is 8.02. The predicted octanol–water partition coefficient (Wildman–Crippen LogP) is 3.76. The van der Waals surface area contributed by atoms with Crippen molar-refractivity contribution in [1.82, 2.24) is 5.32 Å². The SMILES string of the molecule is O=C(c1ccccc1)C(CC1CCNCC1)C(=O)c1ccccc1. The van der Waals surface area contributed by atoms with E-state index in [0.717, 1.165) is 25.9 Å². The first-order chi connectivity index (χ1) is 11.8. The number of piperidine rings is 1. The van der Waals surface area contributed by atoms with Gasteiger partial charge in [-0.05, 0) is 38.3 Å². The molecule has 0 unspecified atom stereocenters. The molecule has 2 aromatic rings. The standard InChI is InChI=1S/C21H23NO2/c23-20(17-7-3-1-4-8-17)19(15-16-11-13-22-14-12-16)21(24)18-9-5-2-6-10-18/h1-10,16,19,22H,11-15H2. The third-order valence-electron chi connectivity index (χ3n) is 4.78. The number of hydrogen-bond acceptors (Lipinski definition) is 3. The van der Waals surface area contributed by atoms with Gasteiger partial charge in [0.2, 0.25) is 0 Å². The van der Waals surface area contributed by atoms with Crippen molar-refractivity contribution in [2.24, 2.45) is 11.8 Å². The Balaban J connectivity index is 1.85. The van der Waals surface area contributed by atoms with E-state index in [0.29, 0.717) is 23.5 Å². The normalized spacial score (nSPS) is 15.4. The smallest absolute Gasteiger partial charge is 0.173 e. The van der Waals surface area contributed by atoms with Gasteiger partial charge in [0, 0.05) is 11.1 Å². The van der Waals surface area contributed by atoms with E-state index in [1.54, 1.807) is 24.3 Å². The molecule has 0 saturated carbocycles. The van der Waals surface area contributed by atoms with Gasteiger partial charge in [0.15, 0.2) is 11.6 Å². The number of hydrogen-bond donors (Lipinski definition) is 1. The van der Waals surface area contributed by atoms with Crippen molar-refractivity contribution in [1.29, 1.82) is 0 Å². The molecule has 1 N–H and O–H groups in total. The summed E-state index contributed by atoms with van der Waals surface area (Å²) in [6.45, 7) is 1.94. The van der Waals surface area contributed by atoms with E-state index in [2.05, 4.69) is 5.32 Å². The van der Waals surface area contributed by atoms with Crippen molar-refractivity contribution in [2.45, 2.75) is 19.3 Å². The summed E-state index contributed by atoms with van der Waals surface area (Å²) in [6, 6.07) is 18.4. The summed E-state index contributed by atoms with van der Waals surface area (Å²) >= 11 is 0. The largest absolute Gasteiger partial charge is 0.317 e. The van der Waals surface area contributed by atoms with E-state index < -0.39 is 5.92 Å². The second-order valence-electron chi connectivity index (χ2n) is 6.44. The van der Waals surface area contributed by atoms with E-state index in [1.807, 2.05) is 36.4 Å². The third-order valence-corrected chi connectivity index (χ3v) is 4.78. The van der Waals surface area contributed by atoms with Crippen molar-refractivity contribution < 1.29 is 9.59 Å². The molecule has 3 nitrogen and oxygen atoms in total. The Labute approximate surface area is 143 Å². The summed E-state index contributed by atoms with van der Waals surface area (Å²) in [4.78, 5) is 26.0. The molecule has 1 heterocycles. The fourth-order valence-electron chi connectivity index (χ4n) is 3.39. The molecule has 3 rings (SSSR count). The lowest BCUT2D eigenvalue weighted by Crippen LogP contribution is -2.32. The molecule has 0 radical (unpaired) electrons. The van der Waals surface area contributed by atoms with Crippen LogP contribution in [0.25, 0.3) is 0 Å². The zero-order valence-electron chi connectivity index (χ0n) is 13.8. The molecule has 0 spiro atoms. The summed E-state index contributed by atoms with van der Waals surface area (Å²) in [7, 11) is 0. The minimum Gasteiger partial charge on any atom is -0.317 e. The van der Waals surface area contributed by atoms with E-state index >= 15 is 0 Å². The maximum atomic E-state index is 13.0. The molecular formula is C21H23NO2. The van der Waals surface area contributed by atoms with Crippen LogP contribution in [0.3, 0.4) is 0 Å². The van der Waals surface area contributed by atoms with Gasteiger partial charge in [0.1, 0.15) is 0 Å². The molecule has 0 atom stereocenters. The van der Waals surface area contributed by atoms with Crippen LogP contribution in [0, 0.1) is 11.8 Å². The van der Waals surface area contributed by atoms with Gasteiger partial charge in [-0.15, -0.1) is 0 Å². The van der Waals surface area contributed by atoms with Gasteiger partial charge < -0.3 is 5.32 Å². The monoisotopic (exact) mass is 321 g/mol. The van der Waals surface area contributed by atoms with Gasteiger partial charge in [-0.1, -0.05) is 60.7 Å². The maximum Gasteiger partial charge on any atom is 0.173 e. The van der Waals surface area contributed by atoms with Gasteiger partial charge >= 0.3 is 0 Å². The number of rotatable bonds is 6. The van der Waals surface area contributed by atoms with E-state index in [4.69, 9.17) is 0 Å². The van der Waals surface area contributed by atoms with E-state index in [9.17, 15) is 9.59 Å². The van der Waals surface area contributed by atoms with E-state index in [-0.39, 0.29) is 11.6 Å². The Morgan fingerprint density at radius 3 is 1.75 bits per heavy atom. The number of carbonyl (C=O) groups excluding carboxylic acids is 2. The van der Waals surface area contributed by atoms with Crippen LogP contribution in [0.5, 0.6) is 0 Å². The number of ketones is 2. The molecule has 0 amide bonds. The lowest BCUT2D eigenvalue weighted by molar-refractivity contribution is 0.0776. The summed E-state index contributed by atoms with van der Waals surface area (Å²) in [5.41, 5.74) is 1.25. The lowest BCUT2D eigenvalue weighted by Gasteiger charge is -2.26. The minimum atomic E-state index is -0.585. The molecule has 0 bridgehead atoms. The maximum absolute atomic E-state index is 13.0. The van der Waals surface area contributed by atoms with Gasteiger partial charge in [-0.2, -0.15) is 0 Å². The van der Waals surface area contributed by atoms with Gasteiger partial charge in [0.05, 0.1) is 5.92 Å². The van der Waals surface area contributed by atoms with Gasteiger partial charge in [-0.3, -0.25) is 9.59 Å². The zero-order valence-corrected chi connectivity index (χ0v) is 13.8. The first-order valence-corrected chi connectivity index (χ1v) is 8.65. The Bertz CT molecular complexity index is 624. The number of benzene rings is 2. The molecule has 0 aromatic heterocycles. The topological polar surface area (TPSA) is 46.2 Å². The highest BCUT2D eigenvalue weighted by molar-refractivity contribution is 6.16. The van der Waals surface area contributed by atoms with Crippen LogP contribution in [0.15, 0.2) is 60.7 Å². The summed E-state index contributed by atoms with van der Waals surface area (Å²) in [5, 5.41) is 3.34. The van der Waals surface area contributed by atoms with Crippen LogP contribution in [0.2, 0.25) is 0 Å². The average Bonchev–Trinajstić information content (AvgIpc) is 2.67. The highest BCUT2D eigenvalue weighted by Crippen LogP contribution is 2.26. The second-order valence-corrected chi connectivity index (χ2v) is 6.44. The molecule has 124 valence electrons. The first kappa shape index (κ1) is 16.6. The molecular weight excluding hydrogens is 298 g/mol. The molecule has 1 aliphatic rings. The predicted molar refractivity (Wildman–Crippen MR) is 95.2 cm³/mol.